The van der Waals surface area contributed by atoms with Crippen molar-refractivity contribution in [2.24, 2.45) is 0 Å². The molecule has 1 unspecified atom stereocenters. The molecule has 0 aromatic heterocycles. The van der Waals surface area contributed by atoms with Crippen LogP contribution in [0.25, 0.3) is 0 Å². The van der Waals surface area contributed by atoms with Crippen LogP contribution in [0.4, 0.5) is 0 Å². The molecule has 1 rings (SSSR count). The summed E-state index contributed by atoms with van der Waals surface area (Å²) in [5, 5.41) is 12.7. The molecule has 4 heteroatoms. The molecule has 1 amide bonds. The molecule has 4 nitrogen and oxygen atoms in total. The number of rotatable bonds is 4. The van der Waals surface area contributed by atoms with E-state index in [4.69, 9.17) is 0 Å². The Morgan fingerprint density at radius 3 is 2.86 bits per heavy atom. The van der Waals surface area contributed by atoms with Gasteiger partial charge in [-0.05, 0) is 33.4 Å². The van der Waals surface area contributed by atoms with Crippen LogP contribution in [-0.4, -0.2) is 48.2 Å². The molecular weight excluding hydrogens is 180 g/mol. The van der Waals surface area contributed by atoms with E-state index in [1.165, 1.54) is 0 Å². The van der Waals surface area contributed by atoms with Crippen LogP contribution < -0.4 is 5.32 Å². The summed E-state index contributed by atoms with van der Waals surface area (Å²) in [4.78, 5) is 13.4. The fourth-order valence-corrected chi connectivity index (χ4v) is 1.73. The van der Waals surface area contributed by atoms with Gasteiger partial charge in [0.05, 0.1) is 5.60 Å². The zero-order valence-electron chi connectivity index (χ0n) is 9.05. The van der Waals surface area contributed by atoms with Crippen LogP contribution >= 0.6 is 0 Å². The van der Waals surface area contributed by atoms with E-state index in [0.717, 1.165) is 13.0 Å². The fraction of sp³-hybridized carbons (Fsp3) is 0.900. The van der Waals surface area contributed by atoms with E-state index in [9.17, 15) is 9.90 Å². The quantitative estimate of drug-likeness (QED) is 0.627. The van der Waals surface area contributed by atoms with E-state index >= 15 is 0 Å². The van der Waals surface area contributed by atoms with E-state index in [1.54, 1.807) is 11.8 Å². The lowest BCUT2D eigenvalue weighted by Crippen LogP contribution is -2.34. The second kappa shape index (κ2) is 4.75. The molecule has 0 aromatic rings. The molecule has 1 aliphatic rings. The van der Waals surface area contributed by atoms with Crippen LogP contribution in [0, 0.1) is 0 Å². The number of nitrogens with zero attached hydrogens (tertiary/aromatic N) is 1. The molecule has 0 saturated carbocycles. The Morgan fingerprint density at radius 2 is 2.36 bits per heavy atom. The predicted octanol–water partition coefficient (Wildman–Crippen LogP) is -0.0307. The Kier molecular flexibility index (Phi) is 3.89. The Balaban J connectivity index is 2.25. The second-order valence-corrected chi connectivity index (χ2v) is 4.27. The van der Waals surface area contributed by atoms with E-state index < -0.39 is 5.60 Å². The standard InChI is InChI=1S/C10H20N2O2/c1-10(14)5-7-12(8-10)9(13)4-3-6-11-2/h11,14H,3-8H2,1-2H3. The van der Waals surface area contributed by atoms with Crippen LogP contribution in [0.2, 0.25) is 0 Å². The molecule has 1 saturated heterocycles. The third-order valence-electron chi connectivity index (χ3n) is 2.62. The van der Waals surface area contributed by atoms with Crippen LogP contribution in [0.5, 0.6) is 0 Å². The summed E-state index contributed by atoms with van der Waals surface area (Å²) >= 11 is 0. The monoisotopic (exact) mass is 200 g/mol. The largest absolute Gasteiger partial charge is 0.388 e. The van der Waals surface area contributed by atoms with E-state index in [1.807, 2.05) is 7.05 Å². The molecule has 1 aliphatic heterocycles. The summed E-state index contributed by atoms with van der Waals surface area (Å²) < 4.78 is 0. The van der Waals surface area contributed by atoms with E-state index in [2.05, 4.69) is 5.32 Å². The first kappa shape index (κ1) is 11.5. The fourth-order valence-electron chi connectivity index (χ4n) is 1.73. The minimum absolute atomic E-state index is 0.165. The van der Waals surface area contributed by atoms with Crippen LogP contribution in [0.1, 0.15) is 26.2 Å². The summed E-state index contributed by atoms with van der Waals surface area (Å²) in [7, 11) is 1.88. The summed E-state index contributed by atoms with van der Waals surface area (Å²) in [5.41, 5.74) is -0.668. The van der Waals surface area contributed by atoms with Gasteiger partial charge in [0, 0.05) is 19.5 Å². The first-order chi connectivity index (χ1) is 6.55. The van der Waals surface area contributed by atoms with Crippen molar-refractivity contribution in [3.63, 3.8) is 0 Å². The minimum Gasteiger partial charge on any atom is -0.388 e. The molecule has 1 heterocycles. The average Bonchev–Trinajstić information content (AvgIpc) is 2.46. The van der Waals surface area contributed by atoms with Crippen molar-refractivity contribution in [3.8, 4) is 0 Å². The molecule has 14 heavy (non-hydrogen) atoms. The number of hydrogen-bond acceptors (Lipinski definition) is 3. The van der Waals surface area contributed by atoms with Gasteiger partial charge in [-0.1, -0.05) is 0 Å². The number of carbonyl (C=O) groups is 1. The predicted molar refractivity (Wildman–Crippen MR) is 55.0 cm³/mol. The zero-order chi connectivity index (χ0) is 10.6. The Labute approximate surface area is 85.3 Å². The molecule has 2 N–H and O–H groups in total. The van der Waals surface area contributed by atoms with Gasteiger partial charge in [-0.2, -0.15) is 0 Å². The maximum Gasteiger partial charge on any atom is 0.222 e. The van der Waals surface area contributed by atoms with Gasteiger partial charge in [0.25, 0.3) is 0 Å². The summed E-state index contributed by atoms with van der Waals surface area (Å²) in [5.74, 6) is 0.165. The van der Waals surface area contributed by atoms with Gasteiger partial charge in [-0.3, -0.25) is 4.79 Å². The van der Waals surface area contributed by atoms with Crippen molar-refractivity contribution in [1.29, 1.82) is 0 Å². The van der Waals surface area contributed by atoms with Gasteiger partial charge in [-0.15, -0.1) is 0 Å². The van der Waals surface area contributed by atoms with Crippen molar-refractivity contribution < 1.29 is 9.90 Å². The molecule has 0 spiro atoms. The summed E-state index contributed by atoms with van der Waals surface area (Å²) in [6, 6.07) is 0. The Bertz CT molecular complexity index is 204. The molecule has 0 bridgehead atoms. The van der Waals surface area contributed by atoms with E-state index in [0.29, 0.717) is 25.9 Å². The third-order valence-corrected chi connectivity index (χ3v) is 2.62. The summed E-state index contributed by atoms with van der Waals surface area (Å²) in [6.07, 6.45) is 2.15. The smallest absolute Gasteiger partial charge is 0.222 e. The molecule has 1 fully saturated rings. The van der Waals surface area contributed by atoms with Gasteiger partial charge in [0.1, 0.15) is 0 Å². The first-order valence-electron chi connectivity index (χ1n) is 5.20. The molecule has 0 aromatic carbocycles. The normalized spacial score (nSPS) is 26.9. The molecule has 0 aliphatic carbocycles. The molecule has 1 atom stereocenters. The number of carbonyl (C=O) groups excluding carboxylic acids is 1. The van der Waals surface area contributed by atoms with E-state index in [-0.39, 0.29) is 5.91 Å². The van der Waals surface area contributed by atoms with Gasteiger partial charge in [-0.25, -0.2) is 0 Å². The highest BCUT2D eigenvalue weighted by Crippen LogP contribution is 2.20. The summed E-state index contributed by atoms with van der Waals surface area (Å²) in [6.45, 7) is 3.85. The number of amides is 1. The lowest BCUT2D eigenvalue weighted by Gasteiger charge is -2.18. The third kappa shape index (κ3) is 3.27. The van der Waals surface area contributed by atoms with Crippen molar-refractivity contribution in [3.05, 3.63) is 0 Å². The van der Waals surface area contributed by atoms with Gasteiger partial charge < -0.3 is 15.3 Å². The van der Waals surface area contributed by atoms with Crippen molar-refractivity contribution in [1.82, 2.24) is 10.2 Å². The topological polar surface area (TPSA) is 52.6 Å². The Morgan fingerprint density at radius 1 is 1.64 bits per heavy atom. The lowest BCUT2D eigenvalue weighted by atomic mass is 10.1. The SMILES string of the molecule is CNCCCC(=O)N1CCC(C)(O)C1. The van der Waals surface area contributed by atoms with Crippen molar-refractivity contribution in [2.45, 2.75) is 31.8 Å². The van der Waals surface area contributed by atoms with Crippen LogP contribution in [0.15, 0.2) is 0 Å². The maximum atomic E-state index is 11.6. The van der Waals surface area contributed by atoms with Crippen molar-refractivity contribution >= 4 is 5.91 Å². The highest BCUT2D eigenvalue weighted by atomic mass is 16.3. The number of aliphatic hydroxyl groups is 1. The van der Waals surface area contributed by atoms with Gasteiger partial charge in [0.2, 0.25) is 5.91 Å². The highest BCUT2D eigenvalue weighted by Gasteiger charge is 2.33. The molecular formula is C10H20N2O2. The first-order valence-corrected chi connectivity index (χ1v) is 5.20. The minimum atomic E-state index is -0.668. The van der Waals surface area contributed by atoms with Crippen LogP contribution in [-0.2, 0) is 4.79 Å². The lowest BCUT2D eigenvalue weighted by molar-refractivity contribution is -0.131. The Hall–Kier alpha value is -0.610. The number of hydrogen-bond donors (Lipinski definition) is 2. The second-order valence-electron chi connectivity index (χ2n) is 4.27. The number of nitrogens with one attached hydrogen (secondary N) is 1. The maximum absolute atomic E-state index is 11.6. The molecule has 0 radical (unpaired) electrons. The van der Waals surface area contributed by atoms with Crippen LogP contribution in [0.3, 0.4) is 0 Å². The zero-order valence-corrected chi connectivity index (χ0v) is 9.05. The average molecular weight is 200 g/mol. The van der Waals surface area contributed by atoms with Gasteiger partial charge in [0.15, 0.2) is 0 Å². The highest BCUT2D eigenvalue weighted by molar-refractivity contribution is 5.76. The molecule has 82 valence electrons. The number of β-amino-alcohol motifs (C(OH)–C–C–N with tert-alkyl or cyclic N) is 1. The number of likely N-dealkylation sites (tertiary alicyclic amines) is 1. The van der Waals surface area contributed by atoms with Crippen molar-refractivity contribution in [2.75, 3.05) is 26.7 Å². The van der Waals surface area contributed by atoms with Gasteiger partial charge >= 0.3 is 0 Å².